The van der Waals surface area contributed by atoms with Gasteiger partial charge in [0.25, 0.3) is 0 Å². The average Bonchev–Trinajstić information content (AvgIpc) is 2.15. The number of hydrogen-bond acceptors (Lipinski definition) is 3. The third-order valence-electron chi connectivity index (χ3n) is 2.21. The van der Waals surface area contributed by atoms with Gasteiger partial charge in [0.15, 0.2) is 0 Å². The van der Waals surface area contributed by atoms with Crippen molar-refractivity contribution in [1.82, 2.24) is 5.32 Å². The van der Waals surface area contributed by atoms with Crippen LogP contribution in [0.2, 0.25) is 0 Å². The lowest BCUT2D eigenvalue weighted by Crippen LogP contribution is -2.38. The Morgan fingerprint density at radius 2 is 2.18 bits per heavy atom. The number of nitrogens with two attached hydrogens (primary N) is 1. The summed E-state index contributed by atoms with van der Waals surface area (Å²) in [6.45, 7) is 3.86. The van der Waals surface area contributed by atoms with Gasteiger partial charge in [0.05, 0.1) is 12.2 Å². The van der Waals surface area contributed by atoms with Crippen LogP contribution in [0.25, 0.3) is 0 Å². The summed E-state index contributed by atoms with van der Waals surface area (Å²) in [5, 5.41) is 2.75. The minimum absolute atomic E-state index is 0.0761. The van der Waals surface area contributed by atoms with E-state index in [0.29, 0.717) is 11.4 Å². The van der Waals surface area contributed by atoms with Crippen molar-refractivity contribution in [2.45, 2.75) is 19.9 Å². The van der Waals surface area contributed by atoms with E-state index in [-0.39, 0.29) is 18.5 Å². The van der Waals surface area contributed by atoms with Gasteiger partial charge in [-0.15, -0.1) is 0 Å². The third kappa shape index (κ3) is 3.94. The number of anilines is 2. The van der Waals surface area contributed by atoms with Gasteiger partial charge in [-0.3, -0.25) is 4.79 Å². The van der Waals surface area contributed by atoms with Crippen molar-refractivity contribution in [3.05, 3.63) is 24.0 Å². The monoisotopic (exact) mass is 239 g/mol. The molecular weight excluding hydrogens is 221 g/mol. The summed E-state index contributed by atoms with van der Waals surface area (Å²) in [4.78, 5) is 13.1. The van der Waals surface area contributed by atoms with Gasteiger partial charge in [0, 0.05) is 18.8 Å². The van der Waals surface area contributed by atoms with Crippen LogP contribution in [-0.4, -0.2) is 25.5 Å². The van der Waals surface area contributed by atoms with Crippen molar-refractivity contribution in [3.8, 4) is 0 Å². The zero-order chi connectivity index (χ0) is 13.0. The molecule has 1 amide bonds. The van der Waals surface area contributed by atoms with Crippen LogP contribution in [0.4, 0.5) is 15.8 Å². The Bertz CT molecular complexity index is 407. The number of rotatable bonds is 4. The van der Waals surface area contributed by atoms with E-state index in [4.69, 9.17) is 5.73 Å². The molecule has 0 saturated carbocycles. The molecule has 0 heterocycles. The van der Waals surface area contributed by atoms with Gasteiger partial charge in [-0.25, -0.2) is 4.39 Å². The summed E-state index contributed by atoms with van der Waals surface area (Å²) in [6.07, 6.45) is 0. The summed E-state index contributed by atoms with van der Waals surface area (Å²) in [5.41, 5.74) is 6.18. The number of nitrogen functional groups attached to an aromatic ring is 1. The van der Waals surface area contributed by atoms with Crippen molar-refractivity contribution in [2.75, 3.05) is 24.2 Å². The van der Waals surface area contributed by atoms with Crippen molar-refractivity contribution in [2.24, 2.45) is 0 Å². The zero-order valence-electron chi connectivity index (χ0n) is 10.3. The zero-order valence-corrected chi connectivity index (χ0v) is 10.3. The summed E-state index contributed by atoms with van der Waals surface area (Å²) in [6, 6.07) is 4.49. The van der Waals surface area contributed by atoms with Crippen molar-refractivity contribution < 1.29 is 9.18 Å². The molecule has 0 bridgehead atoms. The Morgan fingerprint density at radius 1 is 1.53 bits per heavy atom. The number of nitrogens with zero attached hydrogens (tertiary/aromatic N) is 1. The number of likely N-dealkylation sites (N-methyl/N-ethyl adjacent to an activating group) is 1. The number of nitrogens with one attached hydrogen (secondary N) is 1. The van der Waals surface area contributed by atoms with Gasteiger partial charge >= 0.3 is 0 Å². The molecule has 0 aromatic heterocycles. The maximum atomic E-state index is 13.6. The molecule has 4 nitrogen and oxygen atoms in total. The molecule has 1 aromatic rings. The SMILES string of the molecule is CC(C)NC(=O)CN(C)c1ccc(N)cc1F. The van der Waals surface area contributed by atoms with Gasteiger partial charge < -0.3 is 16.0 Å². The lowest BCUT2D eigenvalue weighted by molar-refractivity contribution is -0.120. The Labute approximate surface area is 101 Å². The van der Waals surface area contributed by atoms with Crippen LogP contribution in [0.15, 0.2) is 18.2 Å². The van der Waals surface area contributed by atoms with Gasteiger partial charge in [0.1, 0.15) is 5.82 Å². The molecule has 0 spiro atoms. The van der Waals surface area contributed by atoms with Crippen molar-refractivity contribution in [3.63, 3.8) is 0 Å². The van der Waals surface area contributed by atoms with E-state index in [2.05, 4.69) is 5.32 Å². The molecule has 0 unspecified atom stereocenters. The van der Waals surface area contributed by atoms with Crippen molar-refractivity contribution >= 4 is 17.3 Å². The predicted octanol–water partition coefficient (Wildman–Crippen LogP) is 1.37. The second-order valence-corrected chi connectivity index (χ2v) is 4.29. The van der Waals surface area contributed by atoms with Crippen molar-refractivity contribution in [1.29, 1.82) is 0 Å². The van der Waals surface area contributed by atoms with Gasteiger partial charge in [-0.1, -0.05) is 0 Å². The molecule has 94 valence electrons. The molecule has 5 heteroatoms. The highest BCUT2D eigenvalue weighted by Crippen LogP contribution is 2.19. The topological polar surface area (TPSA) is 58.4 Å². The molecule has 1 rings (SSSR count). The fourth-order valence-corrected chi connectivity index (χ4v) is 1.50. The van der Waals surface area contributed by atoms with E-state index in [1.54, 1.807) is 24.1 Å². The maximum Gasteiger partial charge on any atom is 0.239 e. The fourth-order valence-electron chi connectivity index (χ4n) is 1.50. The van der Waals surface area contributed by atoms with Crippen LogP contribution in [-0.2, 0) is 4.79 Å². The Kier molecular flexibility index (Phi) is 4.31. The first-order chi connectivity index (χ1) is 7.90. The predicted molar refractivity (Wildman–Crippen MR) is 67.4 cm³/mol. The van der Waals surface area contributed by atoms with Crippen LogP contribution < -0.4 is 16.0 Å². The van der Waals surface area contributed by atoms with Crippen LogP contribution in [0.3, 0.4) is 0 Å². The Hall–Kier alpha value is -1.78. The van der Waals surface area contributed by atoms with E-state index < -0.39 is 5.82 Å². The molecule has 0 radical (unpaired) electrons. The van der Waals surface area contributed by atoms with E-state index in [0.717, 1.165) is 0 Å². The van der Waals surface area contributed by atoms with E-state index in [9.17, 15) is 9.18 Å². The number of amides is 1. The van der Waals surface area contributed by atoms with Gasteiger partial charge in [-0.2, -0.15) is 0 Å². The number of carbonyl (C=O) groups excluding carboxylic acids is 1. The first-order valence-corrected chi connectivity index (χ1v) is 5.45. The second kappa shape index (κ2) is 5.52. The Balaban J connectivity index is 2.69. The highest BCUT2D eigenvalue weighted by molar-refractivity contribution is 5.81. The second-order valence-electron chi connectivity index (χ2n) is 4.29. The minimum Gasteiger partial charge on any atom is -0.399 e. The molecule has 3 N–H and O–H groups in total. The summed E-state index contributed by atoms with van der Waals surface area (Å²) < 4.78 is 13.6. The number of halogens is 1. The molecule has 1 aromatic carbocycles. The van der Waals surface area contributed by atoms with Crippen LogP contribution >= 0.6 is 0 Å². The summed E-state index contributed by atoms with van der Waals surface area (Å²) in [5.74, 6) is -0.566. The number of benzene rings is 1. The Morgan fingerprint density at radius 3 is 2.71 bits per heavy atom. The van der Waals surface area contributed by atoms with E-state index in [1.165, 1.54) is 6.07 Å². The number of hydrogen-bond donors (Lipinski definition) is 2. The average molecular weight is 239 g/mol. The molecule has 0 aliphatic carbocycles. The minimum atomic E-state index is -0.426. The van der Waals surface area contributed by atoms with Crippen LogP contribution in [0, 0.1) is 5.82 Å². The fraction of sp³-hybridized carbons (Fsp3) is 0.417. The molecule has 0 atom stereocenters. The van der Waals surface area contributed by atoms with Crippen LogP contribution in [0.1, 0.15) is 13.8 Å². The largest absolute Gasteiger partial charge is 0.399 e. The van der Waals surface area contributed by atoms with Gasteiger partial charge in [0.2, 0.25) is 5.91 Å². The molecule has 0 fully saturated rings. The highest BCUT2D eigenvalue weighted by atomic mass is 19.1. The summed E-state index contributed by atoms with van der Waals surface area (Å²) >= 11 is 0. The van der Waals surface area contributed by atoms with E-state index in [1.807, 2.05) is 13.8 Å². The third-order valence-corrected chi connectivity index (χ3v) is 2.21. The normalized spacial score (nSPS) is 10.4. The maximum absolute atomic E-state index is 13.6. The quantitative estimate of drug-likeness (QED) is 0.780. The van der Waals surface area contributed by atoms with E-state index >= 15 is 0 Å². The first kappa shape index (κ1) is 13.3. The molecule has 17 heavy (non-hydrogen) atoms. The van der Waals surface area contributed by atoms with Crippen LogP contribution in [0.5, 0.6) is 0 Å². The molecule has 0 aliphatic rings. The molecule has 0 saturated heterocycles. The highest BCUT2D eigenvalue weighted by Gasteiger charge is 2.12. The molecule has 0 aliphatic heterocycles. The smallest absolute Gasteiger partial charge is 0.239 e. The molecular formula is C12H18FN3O. The number of carbonyl (C=O) groups is 1. The lowest BCUT2D eigenvalue weighted by atomic mass is 10.2. The standard InChI is InChI=1S/C12H18FN3O/c1-8(2)15-12(17)7-16(3)11-5-4-9(14)6-10(11)13/h4-6,8H,7,14H2,1-3H3,(H,15,17). The van der Waals surface area contributed by atoms with Gasteiger partial charge in [-0.05, 0) is 32.0 Å². The lowest BCUT2D eigenvalue weighted by Gasteiger charge is -2.20. The first-order valence-electron chi connectivity index (χ1n) is 5.45. The summed E-state index contributed by atoms with van der Waals surface area (Å²) in [7, 11) is 1.66.